The average Bonchev–Trinajstić information content (AvgIpc) is 2.48. The molecule has 1 saturated heterocycles. The molecule has 0 bridgehead atoms. The second kappa shape index (κ2) is 13.2. The van der Waals surface area contributed by atoms with E-state index in [1.54, 1.807) is 0 Å². The van der Waals surface area contributed by atoms with Gasteiger partial charge in [0.05, 0.1) is 0 Å². The molecule has 23 heavy (non-hydrogen) atoms. The normalized spacial score (nSPS) is 18.6. The zero-order valence-electron chi connectivity index (χ0n) is 15.8. The molecule has 0 aromatic rings. The molecule has 1 aliphatic heterocycles. The Bertz CT molecular complexity index is 314. The van der Waals surface area contributed by atoms with Gasteiger partial charge in [0.15, 0.2) is 5.96 Å². The number of hydrogen-bond acceptors (Lipinski definition) is 3. The molecule has 2 N–H and O–H groups in total. The fraction of sp³-hybridized carbons (Fsp3) is 0.941. The van der Waals surface area contributed by atoms with E-state index in [-0.39, 0.29) is 24.0 Å². The van der Waals surface area contributed by atoms with Gasteiger partial charge in [0, 0.05) is 45.3 Å². The van der Waals surface area contributed by atoms with Gasteiger partial charge in [-0.05, 0) is 46.2 Å². The quantitative estimate of drug-likeness (QED) is 0.264. The van der Waals surface area contributed by atoms with Crippen LogP contribution in [-0.2, 0) is 0 Å². The van der Waals surface area contributed by atoms with Gasteiger partial charge in [-0.15, -0.1) is 24.0 Å². The molecule has 0 aliphatic carbocycles. The maximum absolute atomic E-state index is 4.70. The van der Waals surface area contributed by atoms with Crippen LogP contribution in [0.3, 0.4) is 0 Å². The second-order valence-electron chi connectivity index (χ2n) is 6.79. The lowest BCUT2D eigenvalue weighted by Crippen LogP contribution is -2.44. The van der Waals surface area contributed by atoms with Gasteiger partial charge < -0.3 is 20.4 Å². The van der Waals surface area contributed by atoms with Crippen molar-refractivity contribution in [3.05, 3.63) is 0 Å². The molecular formula is C17H38IN5. The third-order valence-corrected chi connectivity index (χ3v) is 4.46. The van der Waals surface area contributed by atoms with Crippen LogP contribution >= 0.6 is 24.0 Å². The van der Waals surface area contributed by atoms with Crippen molar-refractivity contribution in [3.8, 4) is 0 Å². The van der Waals surface area contributed by atoms with Gasteiger partial charge in [0.2, 0.25) is 0 Å². The van der Waals surface area contributed by atoms with Crippen molar-refractivity contribution in [1.82, 2.24) is 20.4 Å². The maximum atomic E-state index is 4.70. The molecule has 0 spiro atoms. The Morgan fingerprint density at radius 1 is 1.09 bits per heavy atom. The summed E-state index contributed by atoms with van der Waals surface area (Å²) in [5.41, 5.74) is 0. The van der Waals surface area contributed by atoms with Crippen LogP contribution in [0.2, 0.25) is 0 Å². The van der Waals surface area contributed by atoms with Crippen LogP contribution in [0.1, 0.15) is 40.5 Å². The molecule has 1 atom stereocenters. The highest BCUT2D eigenvalue weighted by Gasteiger charge is 2.12. The van der Waals surface area contributed by atoms with Crippen LogP contribution in [0, 0.1) is 5.92 Å². The standard InChI is InChI=1S/C17H37N5.HI/c1-6-18-17(20-16(4)15(2)3)19-9-7-8-10-22-13-11-21(5)12-14-22;/h15-16H,6-14H2,1-5H3,(H2,18,19,20);1H. The van der Waals surface area contributed by atoms with Gasteiger partial charge in [-0.2, -0.15) is 0 Å². The maximum Gasteiger partial charge on any atom is 0.191 e. The van der Waals surface area contributed by atoms with Crippen LogP contribution in [0.5, 0.6) is 0 Å². The fourth-order valence-electron chi connectivity index (χ4n) is 2.41. The van der Waals surface area contributed by atoms with Crippen LogP contribution in [-0.4, -0.2) is 74.7 Å². The minimum absolute atomic E-state index is 0. The lowest BCUT2D eigenvalue weighted by molar-refractivity contribution is 0.152. The highest BCUT2D eigenvalue weighted by Crippen LogP contribution is 2.02. The van der Waals surface area contributed by atoms with Gasteiger partial charge in [-0.1, -0.05) is 13.8 Å². The van der Waals surface area contributed by atoms with E-state index in [9.17, 15) is 0 Å². The molecule has 1 fully saturated rings. The lowest BCUT2D eigenvalue weighted by Gasteiger charge is -2.32. The number of hydrogen-bond donors (Lipinski definition) is 2. The highest BCUT2D eigenvalue weighted by molar-refractivity contribution is 14.0. The number of likely N-dealkylation sites (N-methyl/N-ethyl adjacent to an activating group) is 1. The molecule has 0 saturated carbocycles. The molecule has 0 aromatic carbocycles. The first-order valence-electron chi connectivity index (χ1n) is 8.98. The van der Waals surface area contributed by atoms with Crippen molar-refractivity contribution in [2.24, 2.45) is 10.9 Å². The molecule has 1 aliphatic rings. The Kier molecular flexibility index (Phi) is 13.2. The zero-order valence-corrected chi connectivity index (χ0v) is 18.1. The summed E-state index contributed by atoms with van der Waals surface area (Å²) >= 11 is 0. The molecule has 0 radical (unpaired) electrons. The molecule has 1 unspecified atom stereocenters. The summed E-state index contributed by atoms with van der Waals surface area (Å²) in [6.45, 7) is 16.7. The van der Waals surface area contributed by atoms with Gasteiger partial charge in [-0.25, -0.2) is 0 Å². The number of rotatable bonds is 8. The van der Waals surface area contributed by atoms with Crippen molar-refractivity contribution in [3.63, 3.8) is 0 Å². The van der Waals surface area contributed by atoms with Crippen molar-refractivity contribution < 1.29 is 0 Å². The number of halogens is 1. The molecule has 0 aromatic heterocycles. The first kappa shape index (κ1) is 22.9. The molecule has 1 rings (SSSR count). The van der Waals surface area contributed by atoms with Crippen molar-refractivity contribution in [2.45, 2.75) is 46.6 Å². The summed E-state index contributed by atoms with van der Waals surface area (Å²) in [7, 11) is 2.21. The first-order chi connectivity index (χ1) is 10.5. The van der Waals surface area contributed by atoms with Crippen molar-refractivity contribution in [1.29, 1.82) is 0 Å². The Morgan fingerprint density at radius 3 is 2.30 bits per heavy atom. The van der Waals surface area contributed by atoms with Gasteiger partial charge in [-0.3, -0.25) is 4.99 Å². The van der Waals surface area contributed by atoms with Gasteiger partial charge in [0.1, 0.15) is 0 Å². The monoisotopic (exact) mass is 439 g/mol. The lowest BCUT2D eigenvalue weighted by atomic mass is 10.1. The Balaban J connectivity index is 0.00000484. The van der Waals surface area contributed by atoms with Crippen molar-refractivity contribution in [2.75, 3.05) is 52.9 Å². The third kappa shape index (κ3) is 10.4. The number of nitrogens with one attached hydrogen (secondary N) is 2. The second-order valence-corrected chi connectivity index (χ2v) is 6.79. The predicted octanol–water partition coefficient (Wildman–Crippen LogP) is 2.23. The molecule has 5 nitrogen and oxygen atoms in total. The summed E-state index contributed by atoms with van der Waals surface area (Å²) in [4.78, 5) is 9.68. The third-order valence-electron chi connectivity index (χ3n) is 4.46. The first-order valence-corrected chi connectivity index (χ1v) is 8.98. The zero-order chi connectivity index (χ0) is 16.4. The van der Waals surface area contributed by atoms with Crippen LogP contribution in [0.4, 0.5) is 0 Å². The predicted molar refractivity (Wildman–Crippen MR) is 112 cm³/mol. The number of piperazine rings is 1. The molecule has 138 valence electrons. The minimum atomic E-state index is 0. The SMILES string of the molecule is CCNC(=NCCCCN1CCN(C)CC1)NC(C)C(C)C.I. The number of guanidine groups is 1. The largest absolute Gasteiger partial charge is 0.357 e. The number of nitrogens with zero attached hydrogens (tertiary/aromatic N) is 3. The summed E-state index contributed by atoms with van der Waals surface area (Å²) in [5, 5.41) is 6.82. The summed E-state index contributed by atoms with van der Waals surface area (Å²) in [5.74, 6) is 1.57. The Labute approximate surface area is 160 Å². The fourth-order valence-corrected chi connectivity index (χ4v) is 2.41. The number of aliphatic imine (C=N–C) groups is 1. The smallest absolute Gasteiger partial charge is 0.191 e. The van der Waals surface area contributed by atoms with E-state index >= 15 is 0 Å². The van der Waals surface area contributed by atoms with Gasteiger partial charge in [0.25, 0.3) is 0 Å². The van der Waals surface area contributed by atoms with E-state index < -0.39 is 0 Å². The van der Waals surface area contributed by atoms with E-state index in [4.69, 9.17) is 4.99 Å². The van der Waals surface area contributed by atoms with Crippen LogP contribution in [0.25, 0.3) is 0 Å². The topological polar surface area (TPSA) is 42.9 Å². The van der Waals surface area contributed by atoms with Crippen LogP contribution < -0.4 is 10.6 Å². The average molecular weight is 439 g/mol. The molecular weight excluding hydrogens is 401 g/mol. The van der Waals surface area contributed by atoms with E-state index in [0.29, 0.717) is 12.0 Å². The molecule has 6 heteroatoms. The molecule has 1 heterocycles. The van der Waals surface area contributed by atoms with E-state index in [1.807, 2.05) is 0 Å². The number of unbranched alkanes of at least 4 members (excludes halogenated alkanes) is 1. The van der Waals surface area contributed by atoms with Gasteiger partial charge >= 0.3 is 0 Å². The van der Waals surface area contributed by atoms with Crippen molar-refractivity contribution >= 4 is 29.9 Å². The van der Waals surface area contributed by atoms with E-state index in [2.05, 4.69) is 55.2 Å². The van der Waals surface area contributed by atoms with Crippen LogP contribution in [0.15, 0.2) is 4.99 Å². The van der Waals surface area contributed by atoms with E-state index in [0.717, 1.165) is 19.0 Å². The molecule has 0 amide bonds. The Morgan fingerprint density at radius 2 is 1.74 bits per heavy atom. The highest BCUT2D eigenvalue weighted by atomic mass is 127. The summed E-state index contributed by atoms with van der Waals surface area (Å²) < 4.78 is 0. The Hall–Kier alpha value is -0.0800. The summed E-state index contributed by atoms with van der Waals surface area (Å²) in [6, 6.07) is 0.447. The minimum Gasteiger partial charge on any atom is -0.357 e. The summed E-state index contributed by atoms with van der Waals surface area (Å²) in [6.07, 6.45) is 2.41. The van der Waals surface area contributed by atoms with E-state index in [1.165, 1.54) is 45.6 Å².